The Labute approximate surface area is 108 Å². The number of rotatable bonds is 1. The molecule has 1 aromatic carbocycles. The van der Waals surface area contributed by atoms with Gasteiger partial charge >= 0.3 is 11.4 Å². The van der Waals surface area contributed by atoms with Crippen LogP contribution in [0.1, 0.15) is 0 Å². The van der Waals surface area contributed by atoms with Crippen LogP contribution >= 0.6 is 11.8 Å². The third-order valence-corrected chi connectivity index (χ3v) is 3.97. The molecule has 6 heteroatoms. The standard InChI is InChI=1S/C12H13N3O2S/c16-11-13-6-8-18-9-7-14(13)12(17)15(11)10-4-2-1-3-5-10/h1-5H,6-9H2. The van der Waals surface area contributed by atoms with Crippen molar-refractivity contribution in [2.75, 3.05) is 11.5 Å². The van der Waals surface area contributed by atoms with Crippen LogP contribution in [-0.4, -0.2) is 25.4 Å². The van der Waals surface area contributed by atoms with Gasteiger partial charge in [-0.25, -0.2) is 23.5 Å². The number of thioether (sulfide) groups is 1. The summed E-state index contributed by atoms with van der Waals surface area (Å²) in [6.07, 6.45) is 0. The van der Waals surface area contributed by atoms with Gasteiger partial charge in [-0.1, -0.05) is 18.2 Å². The number of benzene rings is 1. The Bertz CT molecular complexity index is 631. The summed E-state index contributed by atoms with van der Waals surface area (Å²) in [7, 11) is 0. The van der Waals surface area contributed by atoms with Crippen LogP contribution in [0, 0.1) is 0 Å². The summed E-state index contributed by atoms with van der Waals surface area (Å²) in [5, 5.41) is 0. The minimum Gasteiger partial charge on any atom is -0.246 e. The van der Waals surface area contributed by atoms with Crippen molar-refractivity contribution in [3.05, 3.63) is 51.3 Å². The van der Waals surface area contributed by atoms with Crippen molar-refractivity contribution >= 4 is 11.8 Å². The number of hydrogen-bond donors (Lipinski definition) is 0. The Hall–Kier alpha value is -1.69. The SMILES string of the molecule is O=c1n(-c2ccccc2)c(=O)n2n1CCSCC2. The van der Waals surface area contributed by atoms with Gasteiger partial charge in [0, 0.05) is 11.5 Å². The van der Waals surface area contributed by atoms with Crippen molar-refractivity contribution in [2.24, 2.45) is 0 Å². The molecule has 1 aliphatic heterocycles. The van der Waals surface area contributed by atoms with E-state index in [4.69, 9.17) is 0 Å². The molecule has 0 aliphatic carbocycles. The second-order valence-electron chi connectivity index (χ2n) is 4.09. The van der Waals surface area contributed by atoms with E-state index in [9.17, 15) is 9.59 Å². The molecule has 2 heterocycles. The molecule has 0 fully saturated rings. The highest BCUT2D eigenvalue weighted by Crippen LogP contribution is 2.07. The summed E-state index contributed by atoms with van der Waals surface area (Å²) in [5.74, 6) is 1.75. The summed E-state index contributed by atoms with van der Waals surface area (Å²) >= 11 is 1.77. The van der Waals surface area contributed by atoms with Gasteiger partial charge in [-0.3, -0.25) is 0 Å². The molecule has 5 nitrogen and oxygen atoms in total. The number of hydrogen-bond acceptors (Lipinski definition) is 3. The summed E-state index contributed by atoms with van der Waals surface area (Å²) < 4.78 is 4.35. The molecule has 0 N–H and O–H groups in total. The van der Waals surface area contributed by atoms with Crippen molar-refractivity contribution in [1.29, 1.82) is 0 Å². The predicted octanol–water partition coefficient (Wildman–Crippen LogP) is 0.547. The average molecular weight is 263 g/mol. The molecule has 3 rings (SSSR count). The van der Waals surface area contributed by atoms with Crippen molar-refractivity contribution in [2.45, 2.75) is 13.1 Å². The van der Waals surface area contributed by atoms with Crippen molar-refractivity contribution in [3.8, 4) is 5.69 Å². The van der Waals surface area contributed by atoms with Gasteiger partial charge in [0.05, 0.1) is 18.8 Å². The molecule has 0 saturated heterocycles. The summed E-state index contributed by atoms with van der Waals surface area (Å²) in [6, 6.07) is 9.06. The van der Waals surface area contributed by atoms with E-state index in [1.165, 1.54) is 4.57 Å². The lowest BCUT2D eigenvalue weighted by atomic mass is 10.3. The molecule has 0 bridgehead atoms. The fourth-order valence-corrected chi connectivity index (χ4v) is 2.96. The van der Waals surface area contributed by atoms with Crippen LogP contribution in [0.5, 0.6) is 0 Å². The Morgan fingerprint density at radius 2 is 1.44 bits per heavy atom. The highest BCUT2D eigenvalue weighted by molar-refractivity contribution is 7.99. The molecular formula is C12H13N3O2S. The molecule has 0 saturated carbocycles. The predicted molar refractivity (Wildman–Crippen MR) is 71.6 cm³/mol. The first-order valence-electron chi connectivity index (χ1n) is 5.85. The number of para-hydroxylation sites is 1. The third-order valence-electron chi connectivity index (χ3n) is 3.02. The molecule has 0 spiro atoms. The monoisotopic (exact) mass is 263 g/mol. The number of fused-ring (bicyclic) bond motifs is 1. The van der Waals surface area contributed by atoms with Crippen LogP contribution in [0.15, 0.2) is 39.9 Å². The van der Waals surface area contributed by atoms with Gasteiger partial charge < -0.3 is 0 Å². The summed E-state index contributed by atoms with van der Waals surface area (Å²) in [6.45, 7) is 1.19. The lowest BCUT2D eigenvalue weighted by molar-refractivity contribution is 0.480. The minimum atomic E-state index is -0.242. The fraction of sp³-hybridized carbons (Fsp3) is 0.333. The zero-order valence-electron chi connectivity index (χ0n) is 9.78. The second-order valence-corrected chi connectivity index (χ2v) is 5.32. The zero-order valence-corrected chi connectivity index (χ0v) is 10.6. The minimum absolute atomic E-state index is 0.242. The Morgan fingerprint density at radius 3 is 2.00 bits per heavy atom. The van der Waals surface area contributed by atoms with Crippen molar-refractivity contribution in [3.63, 3.8) is 0 Å². The van der Waals surface area contributed by atoms with Crippen LogP contribution in [0.2, 0.25) is 0 Å². The fourth-order valence-electron chi connectivity index (χ4n) is 2.15. The van der Waals surface area contributed by atoms with Crippen LogP contribution in [-0.2, 0) is 13.1 Å². The lowest BCUT2D eigenvalue weighted by Gasteiger charge is -2.01. The topological polar surface area (TPSA) is 48.9 Å². The number of aromatic nitrogens is 3. The maximum atomic E-state index is 12.3. The Morgan fingerprint density at radius 1 is 0.889 bits per heavy atom. The largest absolute Gasteiger partial charge is 0.351 e. The van der Waals surface area contributed by atoms with E-state index in [-0.39, 0.29) is 11.4 Å². The van der Waals surface area contributed by atoms with Gasteiger partial charge in [0.15, 0.2) is 0 Å². The maximum absolute atomic E-state index is 12.3. The van der Waals surface area contributed by atoms with Crippen molar-refractivity contribution < 1.29 is 0 Å². The van der Waals surface area contributed by atoms with Crippen LogP contribution < -0.4 is 11.4 Å². The molecule has 1 aromatic heterocycles. The van der Waals surface area contributed by atoms with Gasteiger partial charge in [0.25, 0.3) is 0 Å². The first-order chi connectivity index (χ1) is 8.79. The molecular weight excluding hydrogens is 250 g/mol. The maximum Gasteiger partial charge on any atom is 0.351 e. The van der Waals surface area contributed by atoms with Crippen LogP contribution in [0.25, 0.3) is 5.69 Å². The van der Waals surface area contributed by atoms with E-state index >= 15 is 0 Å². The van der Waals surface area contributed by atoms with Gasteiger partial charge in [0.1, 0.15) is 0 Å². The van der Waals surface area contributed by atoms with Crippen LogP contribution in [0.4, 0.5) is 0 Å². The highest BCUT2D eigenvalue weighted by Gasteiger charge is 2.18. The summed E-state index contributed by atoms with van der Waals surface area (Å²) in [5.41, 5.74) is 0.149. The first-order valence-corrected chi connectivity index (χ1v) is 7.00. The quantitative estimate of drug-likeness (QED) is 0.755. The molecule has 94 valence electrons. The van der Waals surface area contributed by atoms with Crippen molar-refractivity contribution in [1.82, 2.24) is 13.9 Å². The number of nitrogens with zero attached hydrogens (tertiary/aromatic N) is 3. The van der Waals surface area contributed by atoms with E-state index in [0.29, 0.717) is 18.8 Å². The normalized spacial score (nSPS) is 15.1. The van der Waals surface area contributed by atoms with E-state index in [1.807, 2.05) is 18.2 Å². The van der Waals surface area contributed by atoms with Crippen LogP contribution in [0.3, 0.4) is 0 Å². The van der Waals surface area contributed by atoms with E-state index in [2.05, 4.69) is 0 Å². The highest BCUT2D eigenvalue weighted by atomic mass is 32.2. The average Bonchev–Trinajstić information content (AvgIpc) is 2.60. The Kier molecular flexibility index (Phi) is 2.87. The first kappa shape index (κ1) is 11.4. The smallest absolute Gasteiger partial charge is 0.246 e. The second kappa shape index (κ2) is 4.53. The van der Waals surface area contributed by atoms with E-state index < -0.39 is 0 Å². The molecule has 0 atom stereocenters. The van der Waals surface area contributed by atoms with E-state index in [1.54, 1.807) is 33.3 Å². The van der Waals surface area contributed by atoms with Gasteiger partial charge in [-0.15, -0.1) is 0 Å². The molecule has 1 aliphatic rings. The van der Waals surface area contributed by atoms with Gasteiger partial charge in [-0.2, -0.15) is 11.8 Å². The molecule has 0 amide bonds. The zero-order chi connectivity index (χ0) is 12.5. The Balaban J connectivity index is 2.24. The molecule has 0 radical (unpaired) electrons. The third kappa shape index (κ3) is 1.73. The van der Waals surface area contributed by atoms with Gasteiger partial charge in [-0.05, 0) is 12.1 Å². The van der Waals surface area contributed by atoms with E-state index in [0.717, 1.165) is 11.5 Å². The van der Waals surface area contributed by atoms with Gasteiger partial charge in [0.2, 0.25) is 0 Å². The molecule has 2 aromatic rings. The molecule has 18 heavy (non-hydrogen) atoms. The lowest BCUT2D eigenvalue weighted by Crippen LogP contribution is -2.27. The summed E-state index contributed by atoms with van der Waals surface area (Å²) in [4.78, 5) is 24.6. The molecule has 0 unspecified atom stereocenters.